The fraction of sp³-hybridized carbons (Fsp3) is 0.760. The van der Waals surface area contributed by atoms with Crippen molar-refractivity contribution in [3.63, 3.8) is 0 Å². The third-order valence-electron chi connectivity index (χ3n) is 5.71. The Hall–Kier alpha value is -0.780. The van der Waals surface area contributed by atoms with Crippen LogP contribution in [-0.4, -0.2) is 0 Å². The van der Waals surface area contributed by atoms with E-state index in [1.165, 1.54) is 81.8 Å². The van der Waals surface area contributed by atoms with Crippen molar-refractivity contribution in [2.45, 2.75) is 112 Å². The molecule has 0 aromatic heterocycles. The van der Waals surface area contributed by atoms with Crippen molar-refractivity contribution in [1.82, 2.24) is 0 Å². The molecule has 0 aliphatic heterocycles. The zero-order chi connectivity index (χ0) is 18.7. The van der Waals surface area contributed by atoms with Crippen LogP contribution in [0.5, 0.6) is 0 Å². The fourth-order valence-corrected chi connectivity index (χ4v) is 3.71. The Morgan fingerprint density at radius 1 is 0.800 bits per heavy atom. The lowest BCUT2D eigenvalue weighted by atomic mass is 9.81. The average Bonchev–Trinajstić information content (AvgIpc) is 2.54. The van der Waals surface area contributed by atoms with Gasteiger partial charge in [-0.05, 0) is 55.6 Å². The van der Waals surface area contributed by atoms with E-state index in [0.29, 0.717) is 5.41 Å². The lowest BCUT2D eigenvalue weighted by molar-refractivity contribution is 0.294. The van der Waals surface area contributed by atoms with Gasteiger partial charge < -0.3 is 0 Å². The molecule has 0 atom stereocenters. The molecule has 0 radical (unpaired) electrons. The number of aryl methyl sites for hydroxylation is 3. The highest BCUT2D eigenvalue weighted by Gasteiger charge is 2.17. The summed E-state index contributed by atoms with van der Waals surface area (Å²) in [6, 6.07) is 6.89. The van der Waals surface area contributed by atoms with Crippen LogP contribution in [0, 0.1) is 25.2 Å². The van der Waals surface area contributed by atoms with Crippen LogP contribution in [0.2, 0.25) is 0 Å². The molecule has 0 spiro atoms. The Labute approximate surface area is 158 Å². The molecule has 0 unspecified atom stereocenters. The Bertz CT molecular complexity index is 467. The predicted octanol–water partition coefficient (Wildman–Crippen LogP) is 8.43. The van der Waals surface area contributed by atoms with Gasteiger partial charge in [0.1, 0.15) is 0 Å². The maximum atomic E-state index is 2.46. The minimum atomic E-state index is 0.480. The van der Waals surface area contributed by atoms with Crippen LogP contribution in [0.4, 0.5) is 0 Å². The number of hydrogen-bond donors (Lipinski definition) is 0. The van der Waals surface area contributed by atoms with Crippen molar-refractivity contribution in [2.75, 3.05) is 0 Å². The zero-order valence-corrected chi connectivity index (χ0v) is 18.1. The summed E-state index contributed by atoms with van der Waals surface area (Å²) >= 11 is 0. The predicted molar refractivity (Wildman–Crippen MR) is 114 cm³/mol. The van der Waals surface area contributed by atoms with Crippen molar-refractivity contribution >= 4 is 0 Å². The molecule has 1 aromatic carbocycles. The van der Waals surface area contributed by atoms with Crippen molar-refractivity contribution < 1.29 is 0 Å². The van der Waals surface area contributed by atoms with Crippen molar-refractivity contribution in [1.29, 1.82) is 0 Å². The van der Waals surface area contributed by atoms with Crippen molar-refractivity contribution in [3.8, 4) is 0 Å². The van der Waals surface area contributed by atoms with Crippen LogP contribution in [-0.2, 0) is 6.42 Å². The normalized spacial score (nSPS) is 12.1. The summed E-state index contributed by atoms with van der Waals surface area (Å²) in [5.74, 6) is 0.880. The van der Waals surface area contributed by atoms with Gasteiger partial charge in [0.25, 0.3) is 0 Å². The summed E-state index contributed by atoms with van der Waals surface area (Å²) in [4.78, 5) is 0. The van der Waals surface area contributed by atoms with Crippen LogP contribution in [0.25, 0.3) is 0 Å². The molecule has 0 aliphatic rings. The standard InChI is InChI=1S/C25H44/c1-21(2)14-12-10-8-7-9-11-13-18-25(5,6)19-17-24-20-22(3)15-16-23(24)4/h15-16,20-21H,7-14,17-19H2,1-6H3. The van der Waals surface area contributed by atoms with E-state index in [9.17, 15) is 0 Å². The minimum absolute atomic E-state index is 0.480. The smallest absolute Gasteiger partial charge is 0.0271 e. The molecule has 0 heterocycles. The second-order valence-electron chi connectivity index (χ2n) is 9.50. The summed E-state index contributed by atoms with van der Waals surface area (Å²) in [6.07, 6.45) is 15.4. The SMILES string of the molecule is Cc1ccc(C)c(CCC(C)(C)CCCCCCCCCC(C)C)c1. The van der Waals surface area contributed by atoms with Gasteiger partial charge in [0.05, 0.1) is 0 Å². The Morgan fingerprint density at radius 2 is 1.40 bits per heavy atom. The molecule has 1 rings (SSSR count). The molecular formula is C25H44. The first-order chi connectivity index (χ1) is 11.8. The maximum absolute atomic E-state index is 2.46. The topological polar surface area (TPSA) is 0 Å². The molecule has 0 nitrogen and oxygen atoms in total. The van der Waals surface area contributed by atoms with E-state index < -0.39 is 0 Å². The molecule has 0 heteroatoms. The summed E-state index contributed by atoms with van der Waals surface area (Å²) < 4.78 is 0. The third-order valence-corrected chi connectivity index (χ3v) is 5.71. The average molecular weight is 345 g/mol. The van der Waals surface area contributed by atoms with E-state index in [-0.39, 0.29) is 0 Å². The Balaban J connectivity index is 2.12. The Kier molecular flexibility index (Phi) is 10.5. The number of benzene rings is 1. The third kappa shape index (κ3) is 10.7. The molecule has 144 valence electrons. The monoisotopic (exact) mass is 344 g/mol. The first-order valence-electron chi connectivity index (χ1n) is 10.9. The van der Waals surface area contributed by atoms with Gasteiger partial charge in [0.2, 0.25) is 0 Å². The summed E-state index contributed by atoms with van der Waals surface area (Å²) in [5, 5.41) is 0. The molecule has 0 saturated carbocycles. The lowest BCUT2D eigenvalue weighted by Crippen LogP contribution is -2.13. The van der Waals surface area contributed by atoms with E-state index in [1.807, 2.05) is 0 Å². The van der Waals surface area contributed by atoms with Gasteiger partial charge in [-0.3, -0.25) is 0 Å². The highest BCUT2D eigenvalue weighted by atomic mass is 14.2. The number of rotatable bonds is 13. The van der Waals surface area contributed by atoms with Gasteiger partial charge in [-0.15, -0.1) is 0 Å². The fourth-order valence-electron chi connectivity index (χ4n) is 3.71. The first kappa shape index (κ1) is 22.3. The molecule has 0 N–H and O–H groups in total. The van der Waals surface area contributed by atoms with Crippen molar-refractivity contribution in [2.24, 2.45) is 11.3 Å². The van der Waals surface area contributed by atoms with E-state index in [4.69, 9.17) is 0 Å². The van der Waals surface area contributed by atoms with Crippen LogP contribution in [0.15, 0.2) is 18.2 Å². The maximum Gasteiger partial charge on any atom is -0.0271 e. The largest absolute Gasteiger partial charge is 0.0628 e. The highest BCUT2D eigenvalue weighted by molar-refractivity contribution is 5.30. The van der Waals surface area contributed by atoms with Crippen LogP contribution < -0.4 is 0 Å². The zero-order valence-electron chi connectivity index (χ0n) is 18.1. The van der Waals surface area contributed by atoms with Gasteiger partial charge in [-0.1, -0.05) is 103 Å². The van der Waals surface area contributed by atoms with Crippen LogP contribution >= 0.6 is 0 Å². The molecule has 0 amide bonds. The summed E-state index contributed by atoms with van der Waals surface area (Å²) in [5.41, 5.74) is 4.88. The number of unbranched alkanes of at least 4 members (excludes halogenated alkanes) is 6. The second kappa shape index (κ2) is 11.8. The lowest BCUT2D eigenvalue weighted by Gasteiger charge is -2.25. The summed E-state index contributed by atoms with van der Waals surface area (Å²) in [7, 11) is 0. The van der Waals surface area contributed by atoms with E-state index in [1.54, 1.807) is 5.56 Å². The van der Waals surface area contributed by atoms with Gasteiger partial charge >= 0.3 is 0 Å². The molecule has 0 fully saturated rings. The van der Waals surface area contributed by atoms with E-state index in [2.05, 4.69) is 59.7 Å². The molecule has 25 heavy (non-hydrogen) atoms. The highest BCUT2D eigenvalue weighted by Crippen LogP contribution is 2.30. The quantitative estimate of drug-likeness (QED) is 0.315. The van der Waals surface area contributed by atoms with Crippen LogP contribution in [0.3, 0.4) is 0 Å². The minimum Gasteiger partial charge on any atom is -0.0628 e. The van der Waals surface area contributed by atoms with Gasteiger partial charge in [0.15, 0.2) is 0 Å². The van der Waals surface area contributed by atoms with Gasteiger partial charge in [0, 0.05) is 0 Å². The molecule has 0 saturated heterocycles. The van der Waals surface area contributed by atoms with Gasteiger partial charge in [-0.2, -0.15) is 0 Å². The summed E-state index contributed by atoms with van der Waals surface area (Å²) in [6.45, 7) is 14.1. The van der Waals surface area contributed by atoms with Gasteiger partial charge in [-0.25, -0.2) is 0 Å². The van der Waals surface area contributed by atoms with Crippen molar-refractivity contribution in [3.05, 3.63) is 34.9 Å². The molecule has 1 aromatic rings. The number of hydrogen-bond acceptors (Lipinski definition) is 0. The van der Waals surface area contributed by atoms with E-state index in [0.717, 1.165) is 5.92 Å². The second-order valence-corrected chi connectivity index (χ2v) is 9.50. The van der Waals surface area contributed by atoms with Crippen LogP contribution in [0.1, 0.15) is 109 Å². The first-order valence-corrected chi connectivity index (χ1v) is 10.9. The molecule has 0 aliphatic carbocycles. The Morgan fingerprint density at radius 3 is 2.04 bits per heavy atom. The molecular weight excluding hydrogens is 300 g/mol. The molecule has 0 bridgehead atoms. The van der Waals surface area contributed by atoms with E-state index >= 15 is 0 Å².